The predicted molar refractivity (Wildman–Crippen MR) is 66.4 cm³/mol. The molecule has 1 heterocycles. The second-order valence-electron chi connectivity index (χ2n) is 4.32. The first-order chi connectivity index (χ1) is 7.77. The Balaban J connectivity index is 2.24. The van der Waals surface area contributed by atoms with Crippen molar-refractivity contribution < 1.29 is 4.79 Å². The van der Waals surface area contributed by atoms with Gasteiger partial charge in [-0.2, -0.15) is 0 Å². The molecule has 0 aromatic rings. The highest BCUT2D eigenvalue weighted by molar-refractivity contribution is 5.78. The summed E-state index contributed by atoms with van der Waals surface area (Å²) < 4.78 is 0. The lowest BCUT2D eigenvalue weighted by Crippen LogP contribution is -2.41. The zero-order valence-corrected chi connectivity index (χ0v) is 10.6. The molecule has 1 atom stereocenters. The molecule has 0 spiro atoms. The van der Waals surface area contributed by atoms with Gasteiger partial charge in [0.1, 0.15) is 0 Å². The first-order valence-corrected chi connectivity index (χ1v) is 6.49. The van der Waals surface area contributed by atoms with Gasteiger partial charge in [0.25, 0.3) is 0 Å². The molecule has 1 fully saturated rings. The molecule has 0 saturated carbocycles. The standard InChI is InChI=1S/C12H25N3O/c1-3-15(4-2)12(16)10-14-11-6-5-8-13-9-7-11/h11,13-14H,3-10H2,1-2H3. The van der Waals surface area contributed by atoms with Gasteiger partial charge in [0.2, 0.25) is 5.91 Å². The highest BCUT2D eigenvalue weighted by Crippen LogP contribution is 2.04. The summed E-state index contributed by atoms with van der Waals surface area (Å²) in [5, 5.41) is 6.75. The third kappa shape index (κ3) is 4.49. The molecular weight excluding hydrogens is 202 g/mol. The van der Waals surface area contributed by atoms with E-state index in [-0.39, 0.29) is 5.91 Å². The van der Waals surface area contributed by atoms with Crippen LogP contribution in [0.1, 0.15) is 33.1 Å². The van der Waals surface area contributed by atoms with Crippen LogP contribution in [0.4, 0.5) is 0 Å². The maximum atomic E-state index is 11.8. The van der Waals surface area contributed by atoms with Crippen LogP contribution in [0.3, 0.4) is 0 Å². The van der Waals surface area contributed by atoms with Crippen LogP contribution in [0.15, 0.2) is 0 Å². The number of hydrogen-bond donors (Lipinski definition) is 2. The number of hydrogen-bond acceptors (Lipinski definition) is 3. The van der Waals surface area contributed by atoms with Crippen LogP contribution in [0.5, 0.6) is 0 Å². The lowest BCUT2D eigenvalue weighted by atomic mass is 10.1. The van der Waals surface area contributed by atoms with Crippen molar-refractivity contribution in [1.29, 1.82) is 0 Å². The molecular formula is C12H25N3O. The maximum absolute atomic E-state index is 11.8. The minimum absolute atomic E-state index is 0.224. The van der Waals surface area contributed by atoms with Crippen LogP contribution in [-0.4, -0.2) is 49.6 Å². The molecule has 94 valence electrons. The number of rotatable bonds is 5. The molecule has 1 aliphatic heterocycles. The van der Waals surface area contributed by atoms with Crippen molar-refractivity contribution >= 4 is 5.91 Å². The molecule has 0 radical (unpaired) electrons. The topological polar surface area (TPSA) is 44.4 Å². The molecule has 16 heavy (non-hydrogen) atoms. The Labute approximate surface area is 98.8 Å². The summed E-state index contributed by atoms with van der Waals surface area (Å²) >= 11 is 0. The molecule has 4 nitrogen and oxygen atoms in total. The number of carbonyl (C=O) groups excluding carboxylic acids is 1. The van der Waals surface area contributed by atoms with E-state index in [0.29, 0.717) is 12.6 Å². The molecule has 2 N–H and O–H groups in total. The van der Waals surface area contributed by atoms with E-state index in [1.165, 1.54) is 12.8 Å². The summed E-state index contributed by atoms with van der Waals surface area (Å²) in [5.41, 5.74) is 0. The molecule has 0 aromatic carbocycles. The molecule has 1 unspecified atom stereocenters. The van der Waals surface area contributed by atoms with E-state index in [4.69, 9.17) is 0 Å². The summed E-state index contributed by atoms with van der Waals surface area (Å²) in [6.07, 6.45) is 3.52. The number of likely N-dealkylation sites (N-methyl/N-ethyl adjacent to an activating group) is 1. The van der Waals surface area contributed by atoms with E-state index in [0.717, 1.165) is 32.6 Å². The fraction of sp³-hybridized carbons (Fsp3) is 0.917. The van der Waals surface area contributed by atoms with Gasteiger partial charge in [0, 0.05) is 19.1 Å². The highest BCUT2D eigenvalue weighted by Gasteiger charge is 2.14. The van der Waals surface area contributed by atoms with Gasteiger partial charge >= 0.3 is 0 Å². The van der Waals surface area contributed by atoms with E-state index in [1.807, 2.05) is 18.7 Å². The van der Waals surface area contributed by atoms with Gasteiger partial charge in [-0.25, -0.2) is 0 Å². The van der Waals surface area contributed by atoms with Crippen molar-refractivity contribution in [3.8, 4) is 0 Å². The van der Waals surface area contributed by atoms with E-state index in [9.17, 15) is 4.79 Å². The van der Waals surface area contributed by atoms with Crippen molar-refractivity contribution in [2.75, 3.05) is 32.7 Å². The van der Waals surface area contributed by atoms with Crippen molar-refractivity contribution in [2.24, 2.45) is 0 Å². The second-order valence-corrected chi connectivity index (χ2v) is 4.32. The lowest BCUT2D eigenvalue weighted by Gasteiger charge is -2.21. The summed E-state index contributed by atoms with van der Waals surface area (Å²) in [5.74, 6) is 0.224. The SMILES string of the molecule is CCN(CC)C(=O)CNC1CCCNCC1. The zero-order chi connectivity index (χ0) is 11.8. The largest absolute Gasteiger partial charge is 0.342 e. The summed E-state index contributed by atoms with van der Waals surface area (Å²) in [4.78, 5) is 13.7. The Hall–Kier alpha value is -0.610. The van der Waals surface area contributed by atoms with Gasteiger partial charge in [0.15, 0.2) is 0 Å². The zero-order valence-electron chi connectivity index (χ0n) is 10.6. The van der Waals surface area contributed by atoms with E-state index < -0.39 is 0 Å². The van der Waals surface area contributed by atoms with Crippen LogP contribution >= 0.6 is 0 Å². The Morgan fingerprint density at radius 2 is 2.06 bits per heavy atom. The first-order valence-electron chi connectivity index (χ1n) is 6.49. The van der Waals surface area contributed by atoms with Crippen LogP contribution in [0, 0.1) is 0 Å². The van der Waals surface area contributed by atoms with E-state index >= 15 is 0 Å². The first kappa shape index (κ1) is 13.5. The van der Waals surface area contributed by atoms with Crippen LogP contribution in [0.2, 0.25) is 0 Å². The molecule has 0 aromatic heterocycles. The summed E-state index contributed by atoms with van der Waals surface area (Å²) in [6.45, 7) is 8.34. The lowest BCUT2D eigenvalue weighted by molar-refractivity contribution is -0.130. The maximum Gasteiger partial charge on any atom is 0.236 e. The van der Waals surface area contributed by atoms with Crippen LogP contribution in [-0.2, 0) is 4.79 Å². The van der Waals surface area contributed by atoms with Gasteiger partial charge in [-0.1, -0.05) is 0 Å². The van der Waals surface area contributed by atoms with Gasteiger partial charge in [-0.05, 0) is 46.2 Å². The Kier molecular flexibility index (Phi) is 6.42. The smallest absolute Gasteiger partial charge is 0.236 e. The minimum Gasteiger partial charge on any atom is -0.342 e. The van der Waals surface area contributed by atoms with Crippen molar-refractivity contribution in [3.05, 3.63) is 0 Å². The Morgan fingerprint density at radius 3 is 2.75 bits per heavy atom. The van der Waals surface area contributed by atoms with Gasteiger partial charge in [0.05, 0.1) is 6.54 Å². The molecule has 4 heteroatoms. The monoisotopic (exact) mass is 227 g/mol. The fourth-order valence-corrected chi connectivity index (χ4v) is 2.14. The fourth-order valence-electron chi connectivity index (χ4n) is 2.14. The summed E-state index contributed by atoms with van der Waals surface area (Å²) in [6, 6.07) is 0.509. The average molecular weight is 227 g/mol. The normalized spacial score (nSPS) is 21.5. The quantitative estimate of drug-likeness (QED) is 0.722. The van der Waals surface area contributed by atoms with Crippen LogP contribution < -0.4 is 10.6 Å². The average Bonchev–Trinajstić information content (AvgIpc) is 2.56. The molecule has 1 saturated heterocycles. The van der Waals surface area contributed by atoms with E-state index in [1.54, 1.807) is 0 Å². The van der Waals surface area contributed by atoms with Crippen molar-refractivity contribution in [3.63, 3.8) is 0 Å². The van der Waals surface area contributed by atoms with Crippen molar-refractivity contribution in [1.82, 2.24) is 15.5 Å². The van der Waals surface area contributed by atoms with Gasteiger partial charge in [-0.3, -0.25) is 4.79 Å². The van der Waals surface area contributed by atoms with Crippen molar-refractivity contribution in [2.45, 2.75) is 39.2 Å². The number of nitrogens with zero attached hydrogens (tertiary/aromatic N) is 1. The number of amides is 1. The molecule has 0 bridgehead atoms. The minimum atomic E-state index is 0.224. The third-order valence-corrected chi connectivity index (χ3v) is 3.23. The molecule has 1 amide bonds. The van der Waals surface area contributed by atoms with Crippen LogP contribution in [0.25, 0.3) is 0 Å². The number of nitrogens with one attached hydrogen (secondary N) is 2. The summed E-state index contributed by atoms with van der Waals surface area (Å²) in [7, 11) is 0. The Bertz CT molecular complexity index is 196. The predicted octanol–water partition coefficient (Wildman–Crippen LogP) is 0.587. The Morgan fingerprint density at radius 1 is 1.31 bits per heavy atom. The second kappa shape index (κ2) is 7.63. The molecule has 1 aliphatic rings. The third-order valence-electron chi connectivity index (χ3n) is 3.23. The van der Waals surface area contributed by atoms with E-state index in [2.05, 4.69) is 10.6 Å². The van der Waals surface area contributed by atoms with Gasteiger partial charge < -0.3 is 15.5 Å². The number of carbonyl (C=O) groups is 1. The molecule has 0 aliphatic carbocycles. The highest BCUT2D eigenvalue weighted by atomic mass is 16.2. The van der Waals surface area contributed by atoms with Gasteiger partial charge in [-0.15, -0.1) is 0 Å². The molecule has 1 rings (SSSR count).